The summed E-state index contributed by atoms with van der Waals surface area (Å²) in [7, 11) is 0. The summed E-state index contributed by atoms with van der Waals surface area (Å²) in [5, 5.41) is 5.80. The van der Waals surface area contributed by atoms with E-state index in [2.05, 4.69) is 177 Å². The fourth-order valence-electron chi connectivity index (χ4n) is 9.46. The molecule has 2 heterocycles. The Morgan fingerprint density at radius 2 is 1.22 bits per heavy atom. The lowest BCUT2D eigenvalue weighted by atomic mass is 9.66. The summed E-state index contributed by atoms with van der Waals surface area (Å²) in [6.45, 7) is 2.33. The standard InChI is InChI=1S/C52H36N2/c1-33-18-27-46-45(29-33)42-25-24-38(32-47(42)52(46,40-12-4-2-5-13-40)41-14-6-3-7-15-41)36-19-20-37-31-39(22-21-35(37)30-36)49-43-16-8-9-17-48(43)54-51-44(49)26-23-34-11-10-28-53-50(34)51/h2-28,30-33H,29H2,1H3. The molecule has 0 bridgehead atoms. The molecule has 2 aliphatic rings. The molecule has 7 aromatic carbocycles. The van der Waals surface area contributed by atoms with E-state index >= 15 is 0 Å². The van der Waals surface area contributed by atoms with E-state index in [0.29, 0.717) is 5.92 Å². The van der Waals surface area contributed by atoms with Crippen LogP contribution < -0.4 is 0 Å². The van der Waals surface area contributed by atoms with E-state index in [9.17, 15) is 0 Å². The highest BCUT2D eigenvalue weighted by atomic mass is 14.7. The number of para-hydroxylation sites is 1. The number of pyridine rings is 2. The van der Waals surface area contributed by atoms with Crippen LogP contribution >= 0.6 is 0 Å². The van der Waals surface area contributed by atoms with Crippen LogP contribution in [0, 0.1) is 5.92 Å². The predicted octanol–water partition coefficient (Wildman–Crippen LogP) is 13.1. The third-order valence-electron chi connectivity index (χ3n) is 11.9. The van der Waals surface area contributed by atoms with Crippen LogP contribution in [-0.4, -0.2) is 9.97 Å². The highest BCUT2D eigenvalue weighted by molar-refractivity contribution is 6.16. The van der Waals surface area contributed by atoms with Gasteiger partial charge < -0.3 is 0 Å². The van der Waals surface area contributed by atoms with Crippen LogP contribution in [-0.2, 0) is 5.41 Å². The molecule has 0 fully saturated rings. The predicted molar refractivity (Wildman–Crippen MR) is 226 cm³/mol. The average Bonchev–Trinajstić information content (AvgIpc) is 3.52. The molecule has 2 aromatic heterocycles. The fraction of sp³-hybridized carbons (Fsp3) is 0.0769. The van der Waals surface area contributed by atoms with E-state index in [1.54, 1.807) is 0 Å². The highest BCUT2D eigenvalue weighted by Crippen LogP contribution is 2.58. The molecule has 0 amide bonds. The first-order chi connectivity index (χ1) is 26.7. The first-order valence-corrected chi connectivity index (χ1v) is 19.0. The topological polar surface area (TPSA) is 25.8 Å². The van der Waals surface area contributed by atoms with Crippen LogP contribution in [0.5, 0.6) is 0 Å². The molecule has 0 N–H and O–H groups in total. The quantitative estimate of drug-likeness (QED) is 0.136. The number of allylic oxidation sites excluding steroid dienone is 4. The van der Waals surface area contributed by atoms with Crippen molar-refractivity contribution in [1.82, 2.24) is 9.97 Å². The van der Waals surface area contributed by atoms with Crippen LogP contribution in [0.3, 0.4) is 0 Å². The van der Waals surface area contributed by atoms with Gasteiger partial charge in [-0.3, -0.25) is 4.98 Å². The van der Waals surface area contributed by atoms with Gasteiger partial charge in [0.05, 0.1) is 22.0 Å². The van der Waals surface area contributed by atoms with Gasteiger partial charge in [0.1, 0.15) is 0 Å². The van der Waals surface area contributed by atoms with Crippen molar-refractivity contribution in [2.45, 2.75) is 18.8 Å². The van der Waals surface area contributed by atoms with Gasteiger partial charge in [-0.2, -0.15) is 0 Å². The molecule has 1 atom stereocenters. The minimum absolute atomic E-state index is 0.386. The van der Waals surface area contributed by atoms with Gasteiger partial charge in [-0.15, -0.1) is 0 Å². The first-order valence-electron chi connectivity index (χ1n) is 19.0. The zero-order valence-electron chi connectivity index (χ0n) is 30.0. The number of hydrogen-bond acceptors (Lipinski definition) is 2. The largest absolute Gasteiger partial charge is 0.254 e. The Bertz CT molecular complexity index is 2990. The Morgan fingerprint density at radius 1 is 0.556 bits per heavy atom. The van der Waals surface area contributed by atoms with Gasteiger partial charge >= 0.3 is 0 Å². The zero-order valence-corrected chi connectivity index (χ0v) is 30.0. The van der Waals surface area contributed by atoms with Crippen molar-refractivity contribution < 1.29 is 0 Å². The molecule has 54 heavy (non-hydrogen) atoms. The maximum atomic E-state index is 5.13. The molecule has 0 radical (unpaired) electrons. The minimum atomic E-state index is -0.386. The molecule has 0 spiro atoms. The van der Waals surface area contributed by atoms with Gasteiger partial charge in [-0.25, -0.2) is 4.98 Å². The highest BCUT2D eigenvalue weighted by Gasteiger charge is 2.47. The monoisotopic (exact) mass is 688 g/mol. The smallest absolute Gasteiger partial charge is 0.0978 e. The lowest BCUT2D eigenvalue weighted by Gasteiger charge is -2.36. The van der Waals surface area contributed by atoms with Crippen LogP contribution in [0.4, 0.5) is 0 Å². The molecule has 0 saturated heterocycles. The van der Waals surface area contributed by atoms with Gasteiger partial charge in [0.2, 0.25) is 0 Å². The van der Waals surface area contributed by atoms with Crippen LogP contribution in [0.1, 0.15) is 35.6 Å². The lowest BCUT2D eigenvalue weighted by molar-refractivity contribution is 0.718. The molecule has 0 aliphatic heterocycles. The Kier molecular flexibility index (Phi) is 6.84. The number of rotatable bonds is 4. The molecule has 2 heteroatoms. The van der Waals surface area contributed by atoms with E-state index in [-0.39, 0.29) is 5.41 Å². The number of benzene rings is 7. The average molecular weight is 689 g/mol. The number of fused-ring (bicyclic) bond motifs is 7. The van der Waals surface area contributed by atoms with Crippen molar-refractivity contribution in [3.05, 3.63) is 210 Å². The second-order valence-corrected chi connectivity index (χ2v) is 15.0. The normalized spacial score (nSPS) is 16.0. The van der Waals surface area contributed by atoms with Crippen molar-refractivity contribution in [3.63, 3.8) is 0 Å². The van der Waals surface area contributed by atoms with Gasteiger partial charge in [0, 0.05) is 27.9 Å². The fourth-order valence-corrected chi connectivity index (χ4v) is 9.46. The summed E-state index contributed by atoms with van der Waals surface area (Å²) < 4.78 is 0. The van der Waals surface area contributed by atoms with Crippen molar-refractivity contribution >= 4 is 49.1 Å². The summed E-state index contributed by atoms with van der Waals surface area (Å²) >= 11 is 0. The molecule has 2 nitrogen and oxygen atoms in total. The van der Waals surface area contributed by atoms with Crippen molar-refractivity contribution in [2.75, 3.05) is 0 Å². The van der Waals surface area contributed by atoms with Gasteiger partial charge in [-0.1, -0.05) is 153 Å². The third-order valence-corrected chi connectivity index (χ3v) is 11.9. The molecule has 0 saturated carbocycles. The maximum absolute atomic E-state index is 5.13. The second-order valence-electron chi connectivity index (χ2n) is 15.0. The van der Waals surface area contributed by atoms with Gasteiger partial charge in [0.25, 0.3) is 0 Å². The van der Waals surface area contributed by atoms with Crippen molar-refractivity contribution in [3.8, 4) is 22.3 Å². The molecule has 11 rings (SSSR count). The first kappa shape index (κ1) is 30.9. The van der Waals surface area contributed by atoms with E-state index < -0.39 is 0 Å². The Hall–Kier alpha value is -6.64. The van der Waals surface area contributed by atoms with Crippen LogP contribution in [0.15, 0.2) is 188 Å². The van der Waals surface area contributed by atoms with E-state index in [1.165, 1.54) is 66.4 Å². The molecule has 254 valence electrons. The number of aromatic nitrogens is 2. The van der Waals surface area contributed by atoms with E-state index in [4.69, 9.17) is 9.97 Å². The van der Waals surface area contributed by atoms with Crippen molar-refractivity contribution in [2.24, 2.45) is 5.92 Å². The summed E-state index contributed by atoms with van der Waals surface area (Å²) in [6, 6.07) is 60.3. The molecule has 9 aromatic rings. The Morgan fingerprint density at radius 3 is 2.02 bits per heavy atom. The lowest BCUT2D eigenvalue weighted by Crippen LogP contribution is -2.29. The minimum Gasteiger partial charge on any atom is -0.254 e. The van der Waals surface area contributed by atoms with Crippen molar-refractivity contribution in [1.29, 1.82) is 0 Å². The number of hydrogen-bond donors (Lipinski definition) is 0. The second kappa shape index (κ2) is 11.9. The zero-order chi connectivity index (χ0) is 35.8. The summed E-state index contributed by atoms with van der Waals surface area (Å²) in [5.41, 5.74) is 15.6. The summed E-state index contributed by atoms with van der Waals surface area (Å²) in [4.78, 5) is 9.89. The molecular weight excluding hydrogens is 653 g/mol. The third kappa shape index (κ3) is 4.53. The molecule has 2 aliphatic carbocycles. The Labute approximate surface area is 314 Å². The molecular formula is C52H36N2. The van der Waals surface area contributed by atoms with Crippen LogP contribution in [0.25, 0.3) is 71.3 Å². The van der Waals surface area contributed by atoms with Gasteiger partial charge in [-0.05, 0) is 104 Å². The van der Waals surface area contributed by atoms with E-state index in [0.717, 1.165) is 39.1 Å². The SMILES string of the molecule is CC1C=CC2=C(C1)c1ccc(-c3ccc4cc(-c5c6ccccc6nc6c5ccc5cccnc56)ccc4c3)cc1C2(c1ccccc1)c1ccccc1. The van der Waals surface area contributed by atoms with Crippen LogP contribution in [0.2, 0.25) is 0 Å². The molecule has 1 unspecified atom stereocenters. The summed E-state index contributed by atoms with van der Waals surface area (Å²) in [5.74, 6) is 0.503. The maximum Gasteiger partial charge on any atom is 0.0978 e. The Balaban J connectivity index is 1.07. The van der Waals surface area contributed by atoms with Gasteiger partial charge in [0.15, 0.2) is 0 Å². The van der Waals surface area contributed by atoms with E-state index in [1.807, 2.05) is 12.3 Å². The summed E-state index contributed by atoms with van der Waals surface area (Å²) in [6.07, 6.45) is 7.73. The number of nitrogens with zero attached hydrogens (tertiary/aromatic N) is 2.